The number of aryl methyl sites for hydroxylation is 1. The molecule has 0 saturated carbocycles. The zero-order valence-electron chi connectivity index (χ0n) is 23.1. The van der Waals surface area contributed by atoms with Gasteiger partial charge in [0.2, 0.25) is 17.7 Å². The molecule has 7 heteroatoms. The molecule has 1 heterocycles. The normalized spacial score (nSPS) is 23.5. The summed E-state index contributed by atoms with van der Waals surface area (Å²) in [5, 5.41) is 4.49. The lowest BCUT2D eigenvalue weighted by atomic mass is 9.47. The highest BCUT2D eigenvalue weighted by atomic mass is 16.5. The quantitative estimate of drug-likeness (QED) is 0.198. The van der Waals surface area contributed by atoms with E-state index in [-0.39, 0.29) is 30.1 Å². The van der Waals surface area contributed by atoms with E-state index in [2.05, 4.69) is 10.5 Å². The monoisotopic (exact) mass is 555 g/mol. The van der Waals surface area contributed by atoms with Crippen LogP contribution in [0.1, 0.15) is 40.2 Å². The number of hydrogen-bond donors (Lipinski definition) is 1. The summed E-state index contributed by atoms with van der Waals surface area (Å²) < 4.78 is 5.55. The third-order valence-electron chi connectivity index (χ3n) is 8.95. The Morgan fingerprint density at radius 1 is 0.857 bits per heavy atom. The molecular weight excluding hydrogens is 526 g/mol. The van der Waals surface area contributed by atoms with Gasteiger partial charge in [-0.15, -0.1) is 0 Å². The van der Waals surface area contributed by atoms with Gasteiger partial charge in [-0.05, 0) is 46.4 Å². The molecule has 1 fully saturated rings. The lowest BCUT2D eigenvalue weighted by Crippen LogP contribution is -2.54. The summed E-state index contributed by atoms with van der Waals surface area (Å²) in [6.07, 6.45) is 2.55. The predicted molar refractivity (Wildman–Crippen MR) is 159 cm³/mol. The van der Waals surface area contributed by atoms with Crippen molar-refractivity contribution in [3.8, 4) is 5.75 Å². The minimum atomic E-state index is -1.05. The van der Waals surface area contributed by atoms with Crippen LogP contribution >= 0.6 is 0 Å². The van der Waals surface area contributed by atoms with Crippen molar-refractivity contribution in [3.05, 3.63) is 131 Å². The number of imide groups is 1. The van der Waals surface area contributed by atoms with Crippen molar-refractivity contribution in [2.45, 2.75) is 24.2 Å². The average Bonchev–Trinajstić information content (AvgIpc) is 3.31. The maximum Gasteiger partial charge on any atom is 0.240 e. The molecule has 2 bridgehead atoms. The minimum absolute atomic E-state index is 0.224. The van der Waals surface area contributed by atoms with Gasteiger partial charge in [0, 0.05) is 18.6 Å². The van der Waals surface area contributed by atoms with E-state index in [0.29, 0.717) is 17.9 Å². The van der Waals surface area contributed by atoms with Gasteiger partial charge >= 0.3 is 0 Å². The van der Waals surface area contributed by atoms with Crippen LogP contribution in [0.4, 0.5) is 5.69 Å². The molecule has 208 valence electrons. The van der Waals surface area contributed by atoms with Crippen LogP contribution in [0.5, 0.6) is 5.75 Å². The van der Waals surface area contributed by atoms with Crippen LogP contribution in [0.25, 0.3) is 0 Å². The van der Waals surface area contributed by atoms with Gasteiger partial charge in [-0.25, -0.2) is 10.3 Å². The number of hydrazone groups is 1. The topological polar surface area (TPSA) is 88.1 Å². The highest BCUT2D eigenvalue weighted by molar-refractivity contribution is 6.25. The lowest BCUT2D eigenvalue weighted by molar-refractivity contribution is -0.123. The molecule has 2 atom stereocenters. The van der Waals surface area contributed by atoms with Crippen molar-refractivity contribution >= 4 is 29.6 Å². The third kappa shape index (κ3) is 3.73. The number of anilines is 1. The average molecular weight is 556 g/mol. The Labute approximate surface area is 243 Å². The molecule has 4 aromatic carbocycles. The fourth-order valence-corrected chi connectivity index (χ4v) is 7.27. The number of hydrogen-bond acceptors (Lipinski definition) is 5. The summed E-state index contributed by atoms with van der Waals surface area (Å²) in [5.41, 5.74) is 7.02. The molecule has 3 amide bonds. The molecule has 0 radical (unpaired) electrons. The lowest BCUT2D eigenvalue weighted by Gasteiger charge is -2.52. The van der Waals surface area contributed by atoms with E-state index in [1.54, 1.807) is 24.4 Å². The molecule has 0 unspecified atom stereocenters. The van der Waals surface area contributed by atoms with Crippen molar-refractivity contribution in [1.82, 2.24) is 5.43 Å². The van der Waals surface area contributed by atoms with E-state index in [1.807, 2.05) is 84.9 Å². The number of carbonyl (C=O) groups is 3. The Bertz CT molecular complexity index is 1700. The second kappa shape index (κ2) is 10.1. The zero-order chi connectivity index (χ0) is 28.8. The van der Waals surface area contributed by atoms with Crippen molar-refractivity contribution in [3.63, 3.8) is 0 Å². The van der Waals surface area contributed by atoms with Crippen molar-refractivity contribution in [2.24, 2.45) is 16.9 Å². The van der Waals surface area contributed by atoms with Crippen molar-refractivity contribution in [1.29, 1.82) is 0 Å². The molecule has 8 rings (SSSR count). The van der Waals surface area contributed by atoms with Crippen LogP contribution in [-0.2, 0) is 26.2 Å². The van der Waals surface area contributed by atoms with Gasteiger partial charge in [-0.3, -0.25) is 14.4 Å². The molecule has 4 aromatic rings. The Kier molecular flexibility index (Phi) is 6.23. The fourth-order valence-electron chi connectivity index (χ4n) is 7.27. The summed E-state index contributed by atoms with van der Waals surface area (Å²) in [5.74, 6) is -1.98. The molecule has 1 saturated heterocycles. The zero-order valence-corrected chi connectivity index (χ0v) is 23.1. The number of benzene rings is 4. The summed E-state index contributed by atoms with van der Waals surface area (Å²) in [6.45, 7) is 0. The second-order valence-electron chi connectivity index (χ2n) is 11.0. The number of ether oxygens (including phenoxy) is 1. The summed E-state index contributed by atoms with van der Waals surface area (Å²) >= 11 is 0. The van der Waals surface area contributed by atoms with E-state index in [1.165, 1.54) is 12.0 Å². The van der Waals surface area contributed by atoms with Crippen LogP contribution in [0.2, 0.25) is 0 Å². The molecule has 4 aliphatic rings. The van der Waals surface area contributed by atoms with Crippen molar-refractivity contribution < 1.29 is 19.1 Å². The first-order chi connectivity index (χ1) is 20.6. The minimum Gasteiger partial charge on any atom is -0.495 e. The van der Waals surface area contributed by atoms with Crippen LogP contribution in [0.15, 0.2) is 108 Å². The maximum atomic E-state index is 14.5. The van der Waals surface area contributed by atoms with Gasteiger partial charge in [0.25, 0.3) is 0 Å². The van der Waals surface area contributed by atoms with Gasteiger partial charge < -0.3 is 4.74 Å². The Balaban J connectivity index is 1.33. The highest BCUT2D eigenvalue weighted by Crippen LogP contribution is 2.63. The number of para-hydroxylation sites is 2. The standard InChI is InChI=1S/C35H29N3O4/c1-42-28-18-10-9-17-27(28)38-33(40)31-30-23-13-5-7-15-25(23)35(32(31)34(38)41,26-16-8-6-14-24(26)30)21-36-37-29(39)20-19-22-11-3-2-4-12-22/h2-18,21,30-32H,19-20H2,1H3,(H,37,39)/b36-21-/t30?,31-,32+,35?/m1/s1. The number of rotatable bonds is 7. The summed E-state index contributed by atoms with van der Waals surface area (Å²) in [6, 6.07) is 32.8. The summed E-state index contributed by atoms with van der Waals surface area (Å²) in [4.78, 5) is 42.9. The number of carbonyl (C=O) groups excluding carboxylic acids is 3. The largest absolute Gasteiger partial charge is 0.495 e. The van der Waals surface area contributed by atoms with Gasteiger partial charge in [0.15, 0.2) is 0 Å². The van der Waals surface area contributed by atoms with Crippen LogP contribution < -0.4 is 15.1 Å². The third-order valence-corrected chi connectivity index (χ3v) is 8.95. The predicted octanol–water partition coefficient (Wildman–Crippen LogP) is 4.98. The first-order valence-electron chi connectivity index (χ1n) is 14.1. The van der Waals surface area contributed by atoms with E-state index < -0.39 is 17.3 Å². The van der Waals surface area contributed by atoms with Crippen LogP contribution in [0.3, 0.4) is 0 Å². The number of methoxy groups -OCH3 is 1. The van der Waals surface area contributed by atoms with Crippen LogP contribution in [-0.4, -0.2) is 31.0 Å². The number of nitrogens with zero attached hydrogens (tertiary/aromatic N) is 2. The van der Waals surface area contributed by atoms with Gasteiger partial charge in [0.05, 0.1) is 30.0 Å². The highest BCUT2D eigenvalue weighted by Gasteiger charge is 2.68. The Morgan fingerprint density at radius 2 is 1.48 bits per heavy atom. The smallest absolute Gasteiger partial charge is 0.240 e. The first-order valence-corrected chi connectivity index (χ1v) is 14.1. The molecular formula is C35H29N3O4. The van der Waals surface area contributed by atoms with Crippen molar-refractivity contribution in [2.75, 3.05) is 12.0 Å². The van der Waals surface area contributed by atoms with Gasteiger partial charge in [-0.1, -0.05) is 91.0 Å². The van der Waals surface area contributed by atoms with E-state index >= 15 is 0 Å². The van der Waals surface area contributed by atoms with E-state index in [4.69, 9.17) is 4.74 Å². The van der Waals surface area contributed by atoms with E-state index in [0.717, 1.165) is 27.8 Å². The van der Waals surface area contributed by atoms with Gasteiger partial charge in [-0.2, -0.15) is 5.10 Å². The maximum absolute atomic E-state index is 14.5. The molecule has 1 aliphatic heterocycles. The number of amides is 3. The number of nitrogens with one attached hydrogen (secondary N) is 1. The Hall–Kier alpha value is -5.04. The Morgan fingerprint density at radius 3 is 2.17 bits per heavy atom. The molecule has 3 aliphatic carbocycles. The molecule has 0 aromatic heterocycles. The molecule has 1 N–H and O–H groups in total. The second-order valence-corrected chi connectivity index (χ2v) is 11.0. The first kappa shape index (κ1) is 25.9. The SMILES string of the molecule is COc1ccccc1N1C(=O)[C@@H]2C3c4ccccc4C(/C=N\NC(=O)CCc4ccccc4)(c4ccccc43)[C@@H]2C1=O. The van der Waals surface area contributed by atoms with E-state index in [9.17, 15) is 14.4 Å². The van der Waals surface area contributed by atoms with Gasteiger partial charge in [0.1, 0.15) is 5.75 Å². The fraction of sp³-hybridized carbons (Fsp3) is 0.200. The van der Waals surface area contributed by atoms with Crippen LogP contribution in [0, 0.1) is 11.8 Å². The molecule has 7 nitrogen and oxygen atoms in total. The molecule has 42 heavy (non-hydrogen) atoms. The molecule has 0 spiro atoms. The summed E-state index contributed by atoms with van der Waals surface area (Å²) in [7, 11) is 1.53.